The Labute approximate surface area is 223 Å². The fourth-order valence-electron chi connectivity index (χ4n) is 4.74. The Bertz CT molecular complexity index is 1220. The van der Waals surface area contributed by atoms with Gasteiger partial charge in [0.15, 0.2) is 35.8 Å². The quantitative estimate of drug-likeness (QED) is 0.289. The highest BCUT2D eigenvalue weighted by atomic mass is 32.2. The zero-order chi connectivity index (χ0) is 27.2. The van der Waals surface area contributed by atoms with Crippen molar-refractivity contribution >= 4 is 17.7 Å². The van der Waals surface area contributed by atoms with Crippen LogP contribution in [0.1, 0.15) is 38.4 Å². The predicted molar refractivity (Wildman–Crippen MR) is 135 cm³/mol. The first-order valence-electron chi connectivity index (χ1n) is 12.6. The second-order valence-corrected chi connectivity index (χ2v) is 11.3. The van der Waals surface area contributed by atoms with Gasteiger partial charge in [0.05, 0.1) is 11.3 Å². The number of benzene rings is 1. The molecule has 3 aliphatic rings. The summed E-state index contributed by atoms with van der Waals surface area (Å²) in [7, 11) is 0. The molecule has 2 unspecified atom stereocenters. The summed E-state index contributed by atoms with van der Waals surface area (Å²) in [5.74, 6) is -4.06. The number of carbonyl (C=O) groups is 1. The summed E-state index contributed by atoms with van der Waals surface area (Å²) in [5.41, 5.74) is 0.417. The lowest BCUT2D eigenvalue weighted by atomic mass is 10.0. The second kappa shape index (κ2) is 10.3. The first-order valence-corrected chi connectivity index (χ1v) is 13.8. The minimum absolute atomic E-state index is 0.0876. The third kappa shape index (κ3) is 5.78. The van der Waals surface area contributed by atoms with Crippen molar-refractivity contribution in [1.82, 2.24) is 19.8 Å². The number of aromatic nitrogens is 2. The minimum Gasteiger partial charge on any atom is -0.481 e. The molecule has 1 amide bonds. The topological polar surface area (TPSA) is 80.3 Å². The van der Waals surface area contributed by atoms with Crippen LogP contribution in [0.4, 0.5) is 13.2 Å². The summed E-state index contributed by atoms with van der Waals surface area (Å²) in [6.07, 6.45) is 1.13. The van der Waals surface area contributed by atoms with Crippen LogP contribution in [0, 0.1) is 5.82 Å². The first-order chi connectivity index (χ1) is 17.9. The molecule has 2 fully saturated rings. The second-order valence-electron chi connectivity index (χ2n) is 10.6. The number of hydrogen-bond donors (Lipinski definition) is 0. The maximum absolute atomic E-state index is 14.9. The van der Waals surface area contributed by atoms with Crippen molar-refractivity contribution < 1.29 is 32.2 Å². The average Bonchev–Trinajstić information content (AvgIpc) is 3.55. The van der Waals surface area contributed by atoms with Gasteiger partial charge in [0.25, 0.3) is 11.8 Å². The highest BCUT2D eigenvalue weighted by molar-refractivity contribution is 7.98. The molecule has 0 bridgehead atoms. The lowest BCUT2D eigenvalue weighted by Gasteiger charge is -2.34. The number of amides is 1. The number of ether oxygens (including phenoxy) is 3. The van der Waals surface area contributed by atoms with Crippen LogP contribution in [0.3, 0.4) is 0 Å². The fourth-order valence-corrected chi connectivity index (χ4v) is 5.10. The molecule has 206 valence electrons. The van der Waals surface area contributed by atoms with Crippen LogP contribution in [-0.4, -0.2) is 82.8 Å². The molecule has 3 heterocycles. The molecule has 12 heteroatoms. The van der Waals surface area contributed by atoms with Gasteiger partial charge in [-0.1, -0.05) is 11.8 Å². The molecule has 0 spiro atoms. The maximum Gasteiger partial charge on any atom is 0.290 e. The van der Waals surface area contributed by atoms with E-state index >= 15 is 0 Å². The van der Waals surface area contributed by atoms with Gasteiger partial charge in [-0.3, -0.25) is 9.69 Å². The van der Waals surface area contributed by atoms with Crippen LogP contribution in [-0.2, 0) is 26.6 Å². The van der Waals surface area contributed by atoms with Crippen molar-refractivity contribution in [3.63, 3.8) is 0 Å². The van der Waals surface area contributed by atoms with Crippen LogP contribution in [0.15, 0.2) is 23.4 Å². The lowest BCUT2D eigenvalue weighted by Crippen LogP contribution is -2.51. The molecule has 2 aliphatic heterocycles. The van der Waals surface area contributed by atoms with Gasteiger partial charge in [0, 0.05) is 43.7 Å². The van der Waals surface area contributed by atoms with Gasteiger partial charge in [0.2, 0.25) is 0 Å². The number of hydrogen-bond acceptors (Lipinski definition) is 8. The molecular weight excluding hydrogens is 521 g/mol. The van der Waals surface area contributed by atoms with Crippen molar-refractivity contribution in [2.24, 2.45) is 0 Å². The van der Waals surface area contributed by atoms with Crippen molar-refractivity contribution in [2.45, 2.75) is 62.8 Å². The zero-order valence-electron chi connectivity index (χ0n) is 21.8. The van der Waals surface area contributed by atoms with E-state index in [1.54, 1.807) is 17.2 Å². The van der Waals surface area contributed by atoms with E-state index in [1.165, 1.54) is 12.1 Å². The van der Waals surface area contributed by atoms with Crippen LogP contribution >= 0.6 is 11.8 Å². The number of piperazine rings is 1. The molecular formula is C26H31F3N4O4S. The number of halogens is 3. The molecule has 1 aliphatic carbocycles. The number of carbonyl (C=O) groups excluding carboxylic acids is 1. The molecule has 2 aromatic rings. The number of nitrogens with zero attached hydrogens (tertiary/aromatic N) is 4. The van der Waals surface area contributed by atoms with Crippen molar-refractivity contribution in [1.29, 1.82) is 0 Å². The normalized spacial score (nSPS) is 22.9. The number of thioether (sulfide) groups is 1. The monoisotopic (exact) mass is 552 g/mol. The van der Waals surface area contributed by atoms with E-state index in [0.717, 1.165) is 11.8 Å². The Morgan fingerprint density at radius 1 is 1.21 bits per heavy atom. The van der Waals surface area contributed by atoms with Gasteiger partial charge in [0.1, 0.15) is 5.69 Å². The van der Waals surface area contributed by atoms with Crippen LogP contribution in [0.5, 0.6) is 5.75 Å². The maximum atomic E-state index is 14.9. The van der Waals surface area contributed by atoms with E-state index in [1.807, 2.05) is 20.8 Å². The Hall–Kier alpha value is -2.41. The predicted octanol–water partition coefficient (Wildman–Crippen LogP) is 4.06. The number of rotatable bonds is 7. The highest BCUT2D eigenvalue weighted by Gasteiger charge is 2.48. The Balaban J connectivity index is 1.18. The van der Waals surface area contributed by atoms with Gasteiger partial charge in [-0.05, 0) is 51.6 Å². The van der Waals surface area contributed by atoms with Crippen LogP contribution < -0.4 is 4.74 Å². The molecule has 0 saturated carbocycles. The molecule has 1 aromatic carbocycles. The molecule has 2 atom stereocenters. The smallest absolute Gasteiger partial charge is 0.290 e. The van der Waals surface area contributed by atoms with Crippen LogP contribution in [0.2, 0.25) is 0 Å². The van der Waals surface area contributed by atoms with E-state index in [2.05, 4.69) is 14.9 Å². The molecule has 5 rings (SSSR count). The van der Waals surface area contributed by atoms with E-state index in [0.29, 0.717) is 43.0 Å². The summed E-state index contributed by atoms with van der Waals surface area (Å²) >= 11 is 1.15. The van der Waals surface area contributed by atoms with E-state index in [-0.39, 0.29) is 60.1 Å². The molecule has 2 saturated heterocycles. The van der Waals surface area contributed by atoms with Crippen molar-refractivity contribution in [2.75, 3.05) is 39.0 Å². The van der Waals surface area contributed by atoms with Gasteiger partial charge in [-0.2, -0.15) is 8.78 Å². The zero-order valence-corrected chi connectivity index (χ0v) is 22.6. The average molecular weight is 553 g/mol. The third-order valence-electron chi connectivity index (χ3n) is 6.69. The highest BCUT2D eigenvalue weighted by Crippen LogP contribution is 2.44. The SMILES string of the molecule is CSc1nc(-c2ccc(OCC(=O)N3CCN(C4OC4OC(C)(C)C)CC3)c(F)c2)c2c(n1)C(F)(F)CC2. The number of fused-ring (bicyclic) bond motifs is 1. The van der Waals surface area contributed by atoms with Crippen molar-refractivity contribution in [3.05, 3.63) is 35.3 Å². The van der Waals surface area contributed by atoms with Crippen molar-refractivity contribution in [3.8, 4) is 17.0 Å². The Morgan fingerprint density at radius 2 is 1.95 bits per heavy atom. The minimum atomic E-state index is -3.03. The molecule has 38 heavy (non-hydrogen) atoms. The number of alkyl halides is 2. The lowest BCUT2D eigenvalue weighted by molar-refractivity contribution is -0.135. The Morgan fingerprint density at radius 3 is 2.61 bits per heavy atom. The van der Waals surface area contributed by atoms with Gasteiger partial charge < -0.3 is 19.1 Å². The molecule has 8 nitrogen and oxygen atoms in total. The molecule has 1 aromatic heterocycles. The molecule has 0 N–H and O–H groups in total. The van der Waals surface area contributed by atoms with E-state index in [4.69, 9.17) is 14.2 Å². The number of epoxide rings is 1. The summed E-state index contributed by atoms with van der Waals surface area (Å²) < 4.78 is 60.5. The summed E-state index contributed by atoms with van der Waals surface area (Å²) in [6.45, 7) is 7.92. The van der Waals surface area contributed by atoms with E-state index in [9.17, 15) is 18.0 Å². The fraction of sp³-hybridized carbons (Fsp3) is 0.577. The van der Waals surface area contributed by atoms with Gasteiger partial charge >= 0.3 is 0 Å². The largest absolute Gasteiger partial charge is 0.481 e. The first kappa shape index (κ1) is 27.2. The standard InChI is InChI=1S/C26H31F3N4O4S/c1-25(2,3)37-23-22(36-23)33-11-9-32(10-12-33)19(34)14-35-18-6-5-15(13-17(18)27)20-16-7-8-26(28,29)21(16)31-24(30-20)38-4/h5-6,13,22-23H,7-12,14H2,1-4H3. The van der Waals surface area contributed by atoms with E-state index < -0.39 is 11.7 Å². The van der Waals surface area contributed by atoms with Crippen LogP contribution in [0.25, 0.3) is 11.3 Å². The summed E-state index contributed by atoms with van der Waals surface area (Å²) in [4.78, 5) is 24.9. The summed E-state index contributed by atoms with van der Waals surface area (Å²) in [5, 5.41) is 0.206. The van der Waals surface area contributed by atoms with Gasteiger partial charge in [-0.15, -0.1) is 0 Å². The Kier molecular flexibility index (Phi) is 7.36. The third-order valence-corrected chi connectivity index (χ3v) is 7.24. The summed E-state index contributed by atoms with van der Waals surface area (Å²) in [6, 6.07) is 4.17. The molecule has 0 radical (unpaired) electrons. The van der Waals surface area contributed by atoms with Gasteiger partial charge in [-0.25, -0.2) is 14.4 Å².